The standard InChI is InChI=1S/C23H30ClN3O3/c1-16(2)30-21-9-8-18(14-22(21)29-4)17(3)25-23(28)27-12-10-26(11-13-27)20-7-5-6-19(24)15-20/h5-9,14-17H,10-13H2,1-4H3,(H,25,28). The van der Waals surface area contributed by atoms with Gasteiger partial charge in [0.1, 0.15) is 0 Å². The van der Waals surface area contributed by atoms with Crippen LogP contribution in [0.25, 0.3) is 0 Å². The van der Waals surface area contributed by atoms with Gasteiger partial charge in [-0.1, -0.05) is 23.7 Å². The molecule has 1 fully saturated rings. The van der Waals surface area contributed by atoms with E-state index in [2.05, 4.69) is 10.2 Å². The Hall–Kier alpha value is -2.60. The third-order valence-electron chi connectivity index (χ3n) is 5.13. The van der Waals surface area contributed by atoms with Crippen molar-refractivity contribution in [1.29, 1.82) is 0 Å². The lowest BCUT2D eigenvalue weighted by atomic mass is 10.1. The summed E-state index contributed by atoms with van der Waals surface area (Å²) in [7, 11) is 1.62. The minimum atomic E-state index is -0.148. The molecule has 1 N–H and O–H groups in total. The first-order chi connectivity index (χ1) is 14.4. The molecule has 6 nitrogen and oxygen atoms in total. The Morgan fingerprint density at radius 1 is 1.03 bits per heavy atom. The van der Waals surface area contributed by atoms with Crippen LogP contribution in [0.15, 0.2) is 42.5 Å². The largest absolute Gasteiger partial charge is 0.493 e. The number of urea groups is 1. The second kappa shape index (κ2) is 9.94. The highest BCUT2D eigenvalue weighted by Crippen LogP contribution is 2.31. The van der Waals surface area contributed by atoms with Crippen molar-refractivity contribution in [2.45, 2.75) is 32.9 Å². The molecule has 0 spiro atoms. The first kappa shape index (κ1) is 22.1. The third kappa shape index (κ3) is 5.51. The predicted molar refractivity (Wildman–Crippen MR) is 121 cm³/mol. The predicted octanol–water partition coefficient (Wildman–Crippen LogP) is 4.73. The molecule has 7 heteroatoms. The summed E-state index contributed by atoms with van der Waals surface area (Å²) in [5.74, 6) is 1.37. The number of carbonyl (C=O) groups is 1. The zero-order valence-electron chi connectivity index (χ0n) is 18.0. The van der Waals surface area contributed by atoms with E-state index in [0.717, 1.165) is 29.4 Å². The summed E-state index contributed by atoms with van der Waals surface area (Å²) in [6.45, 7) is 8.79. The van der Waals surface area contributed by atoms with Crippen LogP contribution in [0.2, 0.25) is 5.02 Å². The SMILES string of the molecule is COc1cc(C(C)NC(=O)N2CCN(c3cccc(Cl)c3)CC2)ccc1OC(C)C. The van der Waals surface area contributed by atoms with Crippen molar-refractivity contribution in [3.63, 3.8) is 0 Å². The molecule has 0 radical (unpaired) electrons. The fourth-order valence-corrected chi connectivity index (χ4v) is 3.69. The second-order valence-corrected chi connectivity index (χ2v) is 8.14. The van der Waals surface area contributed by atoms with Crippen molar-refractivity contribution < 1.29 is 14.3 Å². The minimum absolute atomic E-state index is 0.0604. The molecular weight excluding hydrogens is 402 g/mol. The van der Waals surface area contributed by atoms with Gasteiger partial charge in [-0.2, -0.15) is 0 Å². The molecule has 1 heterocycles. The van der Waals surface area contributed by atoms with Crippen molar-refractivity contribution in [2.24, 2.45) is 0 Å². The molecule has 1 aliphatic heterocycles. The van der Waals surface area contributed by atoms with Crippen molar-refractivity contribution in [3.05, 3.63) is 53.1 Å². The van der Waals surface area contributed by atoms with Crippen LogP contribution in [0.4, 0.5) is 10.5 Å². The van der Waals surface area contributed by atoms with Gasteiger partial charge in [-0.15, -0.1) is 0 Å². The fraction of sp³-hybridized carbons (Fsp3) is 0.435. The molecule has 0 saturated carbocycles. The highest BCUT2D eigenvalue weighted by atomic mass is 35.5. The zero-order valence-corrected chi connectivity index (χ0v) is 18.8. The fourth-order valence-electron chi connectivity index (χ4n) is 3.51. The number of piperazine rings is 1. The van der Waals surface area contributed by atoms with Gasteiger partial charge in [-0.05, 0) is 56.7 Å². The summed E-state index contributed by atoms with van der Waals surface area (Å²) >= 11 is 6.10. The molecule has 1 unspecified atom stereocenters. The summed E-state index contributed by atoms with van der Waals surface area (Å²) in [6.07, 6.45) is 0.0625. The first-order valence-electron chi connectivity index (χ1n) is 10.3. The third-order valence-corrected chi connectivity index (χ3v) is 5.37. The van der Waals surface area contributed by atoms with E-state index in [1.165, 1.54) is 0 Å². The van der Waals surface area contributed by atoms with Gasteiger partial charge in [0.15, 0.2) is 11.5 Å². The Labute approximate surface area is 183 Å². The molecule has 1 aliphatic rings. The molecule has 2 amide bonds. The number of methoxy groups -OCH3 is 1. The van der Waals surface area contributed by atoms with Crippen molar-refractivity contribution >= 4 is 23.3 Å². The minimum Gasteiger partial charge on any atom is -0.493 e. The van der Waals surface area contributed by atoms with Gasteiger partial charge in [-0.3, -0.25) is 0 Å². The molecule has 0 aliphatic carbocycles. The zero-order chi connectivity index (χ0) is 21.7. The molecule has 0 bridgehead atoms. The van der Waals surface area contributed by atoms with Crippen molar-refractivity contribution in [1.82, 2.24) is 10.2 Å². The number of rotatable bonds is 6. The molecule has 1 saturated heterocycles. The Kier molecular flexibility index (Phi) is 7.32. The first-order valence-corrected chi connectivity index (χ1v) is 10.7. The maximum absolute atomic E-state index is 12.8. The van der Waals surface area contributed by atoms with Crippen LogP contribution in [0, 0.1) is 0 Å². The Morgan fingerprint density at radius 3 is 2.40 bits per heavy atom. The van der Waals surface area contributed by atoms with Crippen LogP contribution in [-0.2, 0) is 0 Å². The lowest BCUT2D eigenvalue weighted by molar-refractivity contribution is 0.191. The van der Waals surface area contributed by atoms with Crippen LogP contribution in [0.5, 0.6) is 11.5 Å². The van der Waals surface area contributed by atoms with Gasteiger partial charge in [0, 0.05) is 36.9 Å². The smallest absolute Gasteiger partial charge is 0.317 e. The average Bonchev–Trinajstić information content (AvgIpc) is 2.73. The highest BCUT2D eigenvalue weighted by molar-refractivity contribution is 6.30. The van der Waals surface area contributed by atoms with E-state index in [4.69, 9.17) is 21.1 Å². The monoisotopic (exact) mass is 431 g/mol. The average molecular weight is 432 g/mol. The molecule has 3 rings (SSSR count). The summed E-state index contributed by atoms with van der Waals surface area (Å²) in [4.78, 5) is 16.9. The molecule has 0 aromatic heterocycles. The number of hydrogen-bond acceptors (Lipinski definition) is 4. The van der Waals surface area contributed by atoms with Gasteiger partial charge in [-0.25, -0.2) is 4.79 Å². The van der Waals surface area contributed by atoms with Crippen LogP contribution in [0.3, 0.4) is 0 Å². The molecular formula is C23H30ClN3O3. The maximum Gasteiger partial charge on any atom is 0.317 e. The van der Waals surface area contributed by atoms with E-state index in [1.54, 1.807) is 7.11 Å². The normalized spacial score (nSPS) is 15.1. The van der Waals surface area contributed by atoms with E-state index in [1.807, 2.05) is 68.1 Å². The molecule has 2 aromatic carbocycles. The number of halogens is 1. The van der Waals surface area contributed by atoms with Crippen molar-refractivity contribution in [2.75, 3.05) is 38.2 Å². The van der Waals surface area contributed by atoms with Crippen LogP contribution < -0.4 is 19.7 Å². The van der Waals surface area contributed by atoms with E-state index in [9.17, 15) is 4.79 Å². The van der Waals surface area contributed by atoms with Crippen molar-refractivity contribution in [3.8, 4) is 11.5 Å². The highest BCUT2D eigenvalue weighted by Gasteiger charge is 2.23. The topological polar surface area (TPSA) is 54.0 Å². The lowest BCUT2D eigenvalue weighted by Crippen LogP contribution is -2.52. The number of amides is 2. The van der Waals surface area contributed by atoms with Crippen LogP contribution in [0.1, 0.15) is 32.4 Å². The van der Waals surface area contributed by atoms with Gasteiger partial charge >= 0.3 is 6.03 Å². The quantitative estimate of drug-likeness (QED) is 0.718. The van der Waals surface area contributed by atoms with Gasteiger partial charge in [0.2, 0.25) is 0 Å². The van der Waals surface area contributed by atoms with Crippen LogP contribution >= 0.6 is 11.6 Å². The number of ether oxygens (including phenoxy) is 2. The molecule has 30 heavy (non-hydrogen) atoms. The summed E-state index contributed by atoms with van der Waals surface area (Å²) in [5.41, 5.74) is 2.06. The summed E-state index contributed by atoms with van der Waals surface area (Å²) in [6, 6.07) is 13.4. The molecule has 162 valence electrons. The summed E-state index contributed by atoms with van der Waals surface area (Å²) < 4.78 is 11.2. The van der Waals surface area contributed by atoms with E-state index >= 15 is 0 Å². The lowest BCUT2D eigenvalue weighted by Gasteiger charge is -2.36. The maximum atomic E-state index is 12.8. The number of nitrogens with zero attached hydrogens (tertiary/aromatic N) is 2. The van der Waals surface area contributed by atoms with Gasteiger partial charge in [0.25, 0.3) is 0 Å². The number of hydrogen-bond donors (Lipinski definition) is 1. The Balaban J connectivity index is 1.57. The Bertz CT molecular complexity index is 867. The molecule has 1 atom stereocenters. The summed E-state index contributed by atoms with van der Waals surface area (Å²) in [5, 5.41) is 3.82. The van der Waals surface area contributed by atoms with Gasteiger partial charge < -0.3 is 24.6 Å². The Morgan fingerprint density at radius 2 is 1.77 bits per heavy atom. The van der Waals surface area contributed by atoms with E-state index in [0.29, 0.717) is 24.6 Å². The molecule has 2 aromatic rings. The van der Waals surface area contributed by atoms with Gasteiger partial charge in [0.05, 0.1) is 19.3 Å². The van der Waals surface area contributed by atoms with E-state index in [-0.39, 0.29) is 18.2 Å². The number of benzene rings is 2. The van der Waals surface area contributed by atoms with Crippen LogP contribution in [-0.4, -0.2) is 50.3 Å². The van der Waals surface area contributed by atoms with E-state index < -0.39 is 0 Å². The number of carbonyl (C=O) groups excluding carboxylic acids is 1. The number of nitrogens with one attached hydrogen (secondary N) is 1. The second-order valence-electron chi connectivity index (χ2n) is 7.70. The number of anilines is 1.